The summed E-state index contributed by atoms with van der Waals surface area (Å²) in [5.41, 5.74) is 0. The van der Waals surface area contributed by atoms with Crippen LogP contribution in [0.1, 0.15) is 6.42 Å². The Hall–Kier alpha value is -0.900. The smallest absolute Gasteiger partial charge is 0.343 e. The molecule has 1 saturated heterocycles. The van der Waals surface area contributed by atoms with Crippen LogP contribution in [0, 0.1) is 0 Å². The molecule has 0 bridgehead atoms. The average Bonchev–Trinajstić information content (AvgIpc) is 2.10. The topological polar surface area (TPSA) is 52.6 Å². The van der Waals surface area contributed by atoms with Gasteiger partial charge in [-0.05, 0) is 0 Å². The van der Waals surface area contributed by atoms with Crippen molar-refractivity contribution in [3.05, 3.63) is 0 Å². The first-order valence-electron chi connectivity index (χ1n) is 2.51. The second-order valence-electron chi connectivity index (χ2n) is 1.72. The molecule has 0 N–H and O–H groups in total. The molecule has 1 aliphatic rings. The molecule has 0 aromatic rings. The quantitative estimate of drug-likeness (QED) is 0.354. The van der Waals surface area contributed by atoms with Crippen molar-refractivity contribution in [2.24, 2.45) is 0 Å². The molecule has 9 heavy (non-hydrogen) atoms. The van der Waals surface area contributed by atoms with E-state index in [1.807, 2.05) is 0 Å². The Morgan fingerprint density at radius 1 is 1.67 bits per heavy atom. The summed E-state index contributed by atoms with van der Waals surface area (Å²) in [7, 11) is 1.37. The maximum atomic E-state index is 10.4. The van der Waals surface area contributed by atoms with E-state index < -0.39 is 18.0 Å². The van der Waals surface area contributed by atoms with E-state index in [0.717, 1.165) is 0 Å². The van der Waals surface area contributed by atoms with Crippen LogP contribution in [0.4, 0.5) is 0 Å². The van der Waals surface area contributed by atoms with E-state index in [2.05, 4.69) is 9.47 Å². The Morgan fingerprint density at radius 2 is 2.33 bits per heavy atom. The van der Waals surface area contributed by atoms with E-state index >= 15 is 0 Å². The Balaban J connectivity index is 2.58. The molecule has 4 heteroatoms. The standard InChI is InChI=1S/C5H6O4/c1-8-3-2-4(6)9-5(3)7/h3H,2H2,1H3. The Kier molecular flexibility index (Phi) is 1.48. The zero-order valence-corrected chi connectivity index (χ0v) is 4.92. The zero-order chi connectivity index (χ0) is 6.85. The third kappa shape index (κ3) is 1.08. The van der Waals surface area contributed by atoms with E-state index in [0.29, 0.717) is 0 Å². The first-order valence-corrected chi connectivity index (χ1v) is 2.51. The van der Waals surface area contributed by atoms with Crippen LogP contribution in [0.5, 0.6) is 0 Å². The molecule has 0 spiro atoms. The summed E-state index contributed by atoms with van der Waals surface area (Å²) in [5, 5.41) is 0. The SMILES string of the molecule is COC1CC(=O)OC1=O. The maximum absolute atomic E-state index is 10.4. The van der Waals surface area contributed by atoms with Crippen molar-refractivity contribution in [2.45, 2.75) is 12.5 Å². The first kappa shape index (κ1) is 6.22. The summed E-state index contributed by atoms with van der Waals surface area (Å²) in [4.78, 5) is 20.7. The molecule has 1 rings (SSSR count). The molecule has 0 aliphatic carbocycles. The van der Waals surface area contributed by atoms with Gasteiger partial charge in [0.2, 0.25) is 0 Å². The molecule has 1 unspecified atom stereocenters. The molecule has 0 amide bonds. The second kappa shape index (κ2) is 2.14. The number of ether oxygens (including phenoxy) is 2. The highest BCUT2D eigenvalue weighted by Gasteiger charge is 2.32. The van der Waals surface area contributed by atoms with Gasteiger partial charge in [-0.25, -0.2) is 4.79 Å². The van der Waals surface area contributed by atoms with E-state index in [-0.39, 0.29) is 6.42 Å². The van der Waals surface area contributed by atoms with Crippen molar-refractivity contribution in [1.29, 1.82) is 0 Å². The lowest BCUT2D eigenvalue weighted by molar-refractivity contribution is -0.154. The number of methoxy groups -OCH3 is 1. The minimum absolute atomic E-state index is 0.0509. The van der Waals surface area contributed by atoms with E-state index in [1.165, 1.54) is 7.11 Å². The normalized spacial score (nSPS) is 26.6. The minimum Gasteiger partial charge on any atom is -0.391 e. The fourth-order valence-corrected chi connectivity index (χ4v) is 0.634. The van der Waals surface area contributed by atoms with Crippen LogP contribution in [0.2, 0.25) is 0 Å². The summed E-state index contributed by atoms with van der Waals surface area (Å²) in [6.45, 7) is 0. The van der Waals surface area contributed by atoms with Crippen molar-refractivity contribution in [1.82, 2.24) is 0 Å². The highest BCUT2D eigenvalue weighted by Crippen LogP contribution is 2.09. The molecular weight excluding hydrogens is 124 g/mol. The Bertz CT molecular complexity index is 151. The molecule has 4 nitrogen and oxygen atoms in total. The molecule has 0 radical (unpaired) electrons. The van der Waals surface area contributed by atoms with Gasteiger partial charge in [0.1, 0.15) is 0 Å². The molecule has 1 fully saturated rings. The van der Waals surface area contributed by atoms with Crippen LogP contribution < -0.4 is 0 Å². The van der Waals surface area contributed by atoms with Gasteiger partial charge < -0.3 is 9.47 Å². The highest BCUT2D eigenvalue weighted by atomic mass is 16.6. The highest BCUT2D eigenvalue weighted by molar-refractivity contribution is 5.96. The van der Waals surface area contributed by atoms with Crippen molar-refractivity contribution in [2.75, 3.05) is 7.11 Å². The summed E-state index contributed by atoms with van der Waals surface area (Å²) in [6, 6.07) is 0. The lowest BCUT2D eigenvalue weighted by Gasteiger charge is -1.96. The lowest BCUT2D eigenvalue weighted by Crippen LogP contribution is -2.15. The number of rotatable bonds is 1. The maximum Gasteiger partial charge on any atom is 0.343 e. The fraction of sp³-hybridized carbons (Fsp3) is 0.600. The van der Waals surface area contributed by atoms with Gasteiger partial charge in [-0.3, -0.25) is 4.79 Å². The van der Waals surface area contributed by atoms with Crippen LogP contribution in [0.25, 0.3) is 0 Å². The number of cyclic esters (lactones) is 2. The molecule has 1 aliphatic heterocycles. The predicted octanol–water partition coefficient (Wildman–Crippen LogP) is -0.525. The Morgan fingerprint density at radius 3 is 2.56 bits per heavy atom. The van der Waals surface area contributed by atoms with Gasteiger partial charge in [-0.2, -0.15) is 0 Å². The largest absolute Gasteiger partial charge is 0.391 e. The number of hydrogen-bond donors (Lipinski definition) is 0. The molecule has 1 atom stereocenters. The number of carbonyl (C=O) groups is 2. The zero-order valence-electron chi connectivity index (χ0n) is 4.92. The van der Waals surface area contributed by atoms with Crippen LogP contribution in [-0.2, 0) is 19.1 Å². The van der Waals surface area contributed by atoms with Gasteiger partial charge in [0, 0.05) is 7.11 Å². The monoisotopic (exact) mass is 130 g/mol. The first-order chi connectivity index (χ1) is 4.24. The van der Waals surface area contributed by atoms with Gasteiger partial charge in [0.05, 0.1) is 6.42 Å². The molecule has 50 valence electrons. The van der Waals surface area contributed by atoms with Crippen molar-refractivity contribution >= 4 is 11.9 Å². The second-order valence-corrected chi connectivity index (χ2v) is 1.72. The van der Waals surface area contributed by atoms with Gasteiger partial charge in [0.15, 0.2) is 6.10 Å². The number of carbonyl (C=O) groups excluding carboxylic acids is 2. The van der Waals surface area contributed by atoms with Gasteiger partial charge in [-0.15, -0.1) is 0 Å². The molecule has 0 saturated carbocycles. The summed E-state index contributed by atoms with van der Waals surface area (Å²) in [5.74, 6) is -1.09. The molecular formula is C5H6O4. The van der Waals surface area contributed by atoms with Crippen LogP contribution >= 0.6 is 0 Å². The molecule has 0 aromatic carbocycles. The van der Waals surface area contributed by atoms with Gasteiger partial charge in [-0.1, -0.05) is 0 Å². The lowest BCUT2D eigenvalue weighted by atomic mass is 10.3. The van der Waals surface area contributed by atoms with Crippen LogP contribution in [-0.4, -0.2) is 25.2 Å². The fourth-order valence-electron chi connectivity index (χ4n) is 0.634. The molecule has 0 aromatic heterocycles. The van der Waals surface area contributed by atoms with Crippen molar-refractivity contribution in [3.63, 3.8) is 0 Å². The van der Waals surface area contributed by atoms with Gasteiger partial charge in [0.25, 0.3) is 0 Å². The number of esters is 2. The number of hydrogen-bond acceptors (Lipinski definition) is 4. The third-order valence-corrected chi connectivity index (χ3v) is 1.11. The summed E-state index contributed by atoms with van der Waals surface area (Å²) < 4.78 is 8.76. The van der Waals surface area contributed by atoms with Crippen molar-refractivity contribution < 1.29 is 19.1 Å². The minimum atomic E-state index is -0.669. The van der Waals surface area contributed by atoms with E-state index in [4.69, 9.17) is 0 Å². The van der Waals surface area contributed by atoms with Gasteiger partial charge >= 0.3 is 11.9 Å². The average molecular weight is 130 g/mol. The molecule has 1 heterocycles. The van der Waals surface area contributed by atoms with Crippen LogP contribution in [0.15, 0.2) is 0 Å². The Labute approximate surface area is 51.7 Å². The summed E-state index contributed by atoms with van der Waals surface area (Å²) in [6.07, 6.45) is -0.618. The van der Waals surface area contributed by atoms with E-state index in [1.54, 1.807) is 0 Å². The summed E-state index contributed by atoms with van der Waals surface area (Å²) >= 11 is 0. The third-order valence-electron chi connectivity index (χ3n) is 1.11. The van der Waals surface area contributed by atoms with E-state index in [9.17, 15) is 9.59 Å². The van der Waals surface area contributed by atoms with Crippen molar-refractivity contribution in [3.8, 4) is 0 Å². The van der Waals surface area contributed by atoms with Crippen LogP contribution in [0.3, 0.4) is 0 Å². The predicted molar refractivity (Wildman–Crippen MR) is 26.5 cm³/mol.